The molecule has 4 heteroatoms. The molecular formula is C16H18N2O2. The molecule has 0 bridgehead atoms. The lowest BCUT2D eigenvalue weighted by Gasteiger charge is -2.25. The summed E-state index contributed by atoms with van der Waals surface area (Å²) >= 11 is 0. The lowest BCUT2D eigenvalue weighted by Crippen LogP contribution is -2.18. The van der Waals surface area contributed by atoms with Crippen molar-refractivity contribution in [3.05, 3.63) is 47.3 Å². The molecule has 0 fully saturated rings. The van der Waals surface area contributed by atoms with Crippen LogP contribution in [0.2, 0.25) is 0 Å². The van der Waals surface area contributed by atoms with E-state index >= 15 is 0 Å². The van der Waals surface area contributed by atoms with E-state index in [1.54, 1.807) is 4.68 Å². The Morgan fingerprint density at radius 2 is 2.25 bits per heavy atom. The zero-order valence-electron chi connectivity index (χ0n) is 11.8. The number of hydrogen-bond donors (Lipinski definition) is 0. The monoisotopic (exact) mass is 270 g/mol. The first-order valence-corrected chi connectivity index (χ1v) is 6.90. The molecular weight excluding hydrogens is 252 g/mol. The molecule has 3 rings (SSSR count). The maximum Gasteiger partial charge on any atom is 0.181 e. The van der Waals surface area contributed by atoms with Crippen molar-refractivity contribution < 1.29 is 9.53 Å². The van der Waals surface area contributed by atoms with Crippen molar-refractivity contribution in [3.63, 3.8) is 0 Å². The van der Waals surface area contributed by atoms with Gasteiger partial charge in [0, 0.05) is 13.5 Å². The fourth-order valence-electron chi connectivity index (χ4n) is 2.83. The second-order valence-electron chi connectivity index (χ2n) is 5.29. The first kappa shape index (κ1) is 12.9. The van der Waals surface area contributed by atoms with Crippen molar-refractivity contribution in [2.45, 2.75) is 25.7 Å². The van der Waals surface area contributed by atoms with Gasteiger partial charge in [-0.25, -0.2) is 0 Å². The predicted octanol–water partition coefficient (Wildman–Crippen LogP) is 2.87. The molecule has 2 heterocycles. The number of benzene rings is 1. The topological polar surface area (TPSA) is 44.1 Å². The minimum absolute atomic E-state index is 0.148. The summed E-state index contributed by atoms with van der Waals surface area (Å²) in [5.74, 6) is 1.30. The molecule has 0 amide bonds. The van der Waals surface area contributed by atoms with Crippen LogP contribution in [0.1, 0.15) is 40.5 Å². The van der Waals surface area contributed by atoms with E-state index in [-0.39, 0.29) is 11.7 Å². The average Bonchev–Trinajstić information content (AvgIpc) is 2.78. The molecule has 1 aliphatic heterocycles. The summed E-state index contributed by atoms with van der Waals surface area (Å²) in [6.45, 7) is 2.58. The van der Waals surface area contributed by atoms with Crippen LogP contribution in [0.4, 0.5) is 0 Å². The fourth-order valence-corrected chi connectivity index (χ4v) is 2.83. The first-order valence-electron chi connectivity index (χ1n) is 6.90. The highest BCUT2D eigenvalue weighted by molar-refractivity contribution is 5.95. The number of aromatic nitrogens is 2. The molecule has 0 aliphatic carbocycles. The Morgan fingerprint density at radius 1 is 1.45 bits per heavy atom. The predicted molar refractivity (Wildman–Crippen MR) is 76.2 cm³/mol. The number of fused-ring (bicyclic) bond motifs is 1. The molecule has 2 aromatic rings. The van der Waals surface area contributed by atoms with Gasteiger partial charge in [-0.2, -0.15) is 5.10 Å². The zero-order valence-corrected chi connectivity index (χ0v) is 11.8. The Bertz CT molecular complexity index is 646. The van der Waals surface area contributed by atoms with Gasteiger partial charge in [0.1, 0.15) is 11.4 Å². The third-order valence-corrected chi connectivity index (χ3v) is 3.80. The van der Waals surface area contributed by atoms with E-state index in [0.717, 1.165) is 23.4 Å². The smallest absolute Gasteiger partial charge is 0.181 e. The summed E-state index contributed by atoms with van der Waals surface area (Å²) in [6.07, 6.45) is 1.40. The van der Waals surface area contributed by atoms with Crippen molar-refractivity contribution in [2.24, 2.45) is 7.05 Å². The van der Waals surface area contributed by atoms with Crippen LogP contribution in [0, 0.1) is 6.92 Å². The Kier molecular flexibility index (Phi) is 3.30. The van der Waals surface area contributed by atoms with Gasteiger partial charge in [0.2, 0.25) is 0 Å². The number of para-hydroxylation sites is 1. The average molecular weight is 270 g/mol. The van der Waals surface area contributed by atoms with Gasteiger partial charge in [0.05, 0.1) is 12.3 Å². The normalized spacial score (nSPS) is 17.4. The SMILES string of the molecule is Cc1cc(C(=O)CC2CCOc3ccccc32)n(C)n1. The minimum atomic E-state index is 0.148. The largest absolute Gasteiger partial charge is 0.493 e. The zero-order chi connectivity index (χ0) is 14.1. The number of ketones is 1. The van der Waals surface area contributed by atoms with Crippen molar-refractivity contribution in [1.29, 1.82) is 0 Å². The molecule has 0 spiro atoms. The second-order valence-corrected chi connectivity index (χ2v) is 5.29. The van der Waals surface area contributed by atoms with Gasteiger partial charge >= 0.3 is 0 Å². The molecule has 0 saturated heterocycles. The Hall–Kier alpha value is -2.10. The van der Waals surface area contributed by atoms with E-state index in [0.29, 0.717) is 18.7 Å². The van der Waals surface area contributed by atoms with Crippen LogP contribution in [-0.2, 0) is 7.05 Å². The van der Waals surface area contributed by atoms with Crippen molar-refractivity contribution >= 4 is 5.78 Å². The molecule has 104 valence electrons. The van der Waals surface area contributed by atoms with Gasteiger partial charge < -0.3 is 4.74 Å². The molecule has 4 nitrogen and oxygen atoms in total. The number of rotatable bonds is 3. The maximum absolute atomic E-state index is 12.5. The number of hydrogen-bond acceptors (Lipinski definition) is 3. The summed E-state index contributed by atoms with van der Waals surface area (Å²) in [5, 5.41) is 4.24. The van der Waals surface area contributed by atoms with Gasteiger partial charge in [0.25, 0.3) is 0 Å². The Balaban J connectivity index is 1.82. The van der Waals surface area contributed by atoms with E-state index in [1.165, 1.54) is 0 Å². The van der Waals surface area contributed by atoms with Crippen molar-refractivity contribution in [2.75, 3.05) is 6.61 Å². The molecule has 0 saturated carbocycles. The molecule has 20 heavy (non-hydrogen) atoms. The number of aryl methyl sites for hydroxylation is 2. The number of carbonyl (C=O) groups is 1. The standard InChI is InChI=1S/C16H18N2O2/c1-11-9-14(18(2)17-11)15(19)10-12-7-8-20-16-6-4-3-5-13(12)16/h3-6,9,12H,7-8,10H2,1-2H3. The summed E-state index contributed by atoms with van der Waals surface area (Å²) in [4.78, 5) is 12.5. The van der Waals surface area contributed by atoms with E-state index < -0.39 is 0 Å². The van der Waals surface area contributed by atoms with E-state index in [2.05, 4.69) is 11.2 Å². The molecule has 1 aliphatic rings. The van der Waals surface area contributed by atoms with Gasteiger partial charge in [-0.05, 0) is 37.0 Å². The Labute approximate surface area is 118 Å². The van der Waals surface area contributed by atoms with Crippen LogP contribution in [0.5, 0.6) is 5.75 Å². The highest BCUT2D eigenvalue weighted by Gasteiger charge is 2.25. The third-order valence-electron chi connectivity index (χ3n) is 3.80. The van der Waals surface area contributed by atoms with Crippen LogP contribution in [0.3, 0.4) is 0 Å². The van der Waals surface area contributed by atoms with Crippen LogP contribution < -0.4 is 4.74 Å². The number of Topliss-reactive ketones (excluding diaryl/α,β-unsaturated/α-hetero) is 1. The van der Waals surface area contributed by atoms with Crippen LogP contribution in [-0.4, -0.2) is 22.2 Å². The summed E-state index contributed by atoms with van der Waals surface area (Å²) in [6, 6.07) is 9.85. The lowest BCUT2D eigenvalue weighted by atomic mass is 9.88. The van der Waals surface area contributed by atoms with Gasteiger partial charge in [-0.3, -0.25) is 9.48 Å². The second kappa shape index (κ2) is 5.12. The van der Waals surface area contributed by atoms with Crippen LogP contribution in [0.25, 0.3) is 0 Å². The molecule has 1 unspecified atom stereocenters. The van der Waals surface area contributed by atoms with Crippen molar-refractivity contribution in [1.82, 2.24) is 9.78 Å². The lowest BCUT2D eigenvalue weighted by molar-refractivity contribution is 0.0956. The number of nitrogens with zero attached hydrogens (tertiary/aromatic N) is 2. The summed E-state index contributed by atoms with van der Waals surface area (Å²) in [5.41, 5.74) is 2.71. The van der Waals surface area contributed by atoms with Crippen molar-refractivity contribution in [3.8, 4) is 5.75 Å². The van der Waals surface area contributed by atoms with Gasteiger partial charge in [0.15, 0.2) is 5.78 Å². The molecule has 1 aromatic carbocycles. The minimum Gasteiger partial charge on any atom is -0.493 e. The molecule has 1 atom stereocenters. The molecule has 0 radical (unpaired) electrons. The van der Waals surface area contributed by atoms with Gasteiger partial charge in [-0.15, -0.1) is 0 Å². The maximum atomic E-state index is 12.5. The highest BCUT2D eigenvalue weighted by atomic mass is 16.5. The summed E-state index contributed by atoms with van der Waals surface area (Å²) in [7, 11) is 1.82. The summed E-state index contributed by atoms with van der Waals surface area (Å²) < 4.78 is 7.31. The third kappa shape index (κ3) is 2.33. The fraction of sp³-hybridized carbons (Fsp3) is 0.375. The van der Waals surface area contributed by atoms with Crippen LogP contribution >= 0.6 is 0 Å². The van der Waals surface area contributed by atoms with Gasteiger partial charge in [-0.1, -0.05) is 18.2 Å². The van der Waals surface area contributed by atoms with E-state index in [4.69, 9.17) is 4.74 Å². The Morgan fingerprint density at radius 3 is 3.00 bits per heavy atom. The molecule has 0 N–H and O–H groups in total. The van der Waals surface area contributed by atoms with Crippen LogP contribution in [0.15, 0.2) is 30.3 Å². The highest BCUT2D eigenvalue weighted by Crippen LogP contribution is 2.36. The van der Waals surface area contributed by atoms with E-state index in [9.17, 15) is 4.79 Å². The van der Waals surface area contributed by atoms with E-state index in [1.807, 2.05) is 38.2 Å². The number of ether oxygens (including phenoxy) is 1. The molecule has 1 aromatic heterocycles. The first-order chi connectivity index (χ1) is 9.65. The quantitative estimate of drug-likeness (QED) is 0.805. The number of carbonyl (C=O) groups excluding carboxylic acids is 1.